The van der Waals surface area contributed by atoms with Crippen LogP contribution in [0.15, 0.2) is 24.3 Å². The summed E-state index contributed by atoms with van der Waals surface area (Å²) in [4.78, 5) is 11.9. The van der Waals surface area contributed by atoms with Crippen LogP contribution in [-0.4, -0.2) is 17.7 Å². The first kappa shape index (κ1) is 32.5. The van der Waals surface area contributed by atoms with Gasteiger partial charge in [-0.3, -0.25) is 0 Å². The Morgan fingerprint density at radius 3 is 1.25 bits per heavy atom. The summed E-state index contributed by atoms with van der Waals surface area (Å²) in [5, 5.41) is 9.67. The maximum atomic E-state index is 11.9. The van der Waals surface area contributed by atoms with Crippen molar-refractivity contribution in [3.05, 3.63) is 29.8 Å². The number of carbonyl (C=O) groups excluding carboxylic acids is 1. The standard InChI is InChI=1S/C33H58O3/c1-2-3-4-5-6-7-8-9-10-11-12-13-14-15-16-17-18-19-20-21-22-23-24-27-30-36-33(35)31-28-25-26-29-32(31)34/h25-26,28-29,34H,2-24,27,30H2,1H3. The molecule has 0 fully saturated rings. The minimum Gasteiger partial charge on any atom is -0.507 e. The van der Waals surface area contributed by atoms with Gasteiger partial charge in [-0.15, -0.1) is 0 Å². The highest BCUT2D eigenvalue weighted by Gasteiger charge is 2.10. The lowest BCUT2D eigenvalue weighted by Crippen LogP contribution is -2.06. The molecule has 0 aliphatic heterocycles. The van der Waals surface area contributed by atoms with Gasteiger partial charge in [0.2, 0.25) is 0 Å². The van der Waals surface area contributed by atoms with Crippen molar-refractivity contribution in [1.29, 1.82) is 0 Å². The fourth-order valence-corrected chi connectivity index (χ4v) is 4.95. The summed E-state index contributed by atoms with van der Waals surface area (Å²) in [6, 6.07) is 6.54. The minimum atomic E-state index is -0.429. The zero-order valence-electron chi connectivity index (χ0n) is 23.8. The maximum absolute atomic E-state index is 11.9. The van der Waals surface area contributed by atoms with E-state index in [0.717, 1.165) is 12.8 Å². The van der Waals surface area contributed by atoms with E-state index < -0.39 is 5.97 Å². The Morgan fingerprint density at radius 1 is 0.556 bits per heavy atom. The lowest BCUT2D eigenvalue weighted by atomic mass is 10.0. The molecule has 0 saturated carbocycles. The zero-order valence-corrected chi connectivity index (χ0v) is 23.8. The molecule has 1 N–H and O–H groups in total. The van der Waals surface area contributed by atoms with E-state index in [4.69, 9.17) is 4.74 Å². The van der Waals surface area contributed by atoms with Gasteiger partial charge in [-0.05, 0) is 18.6 Å². The van der Waals surface area contributed by atoms with Gasteiger partial charge in [0.25, 0.3) is 0 Å². The molecule has 1 rings (SSSR count). The Hall–Kier alpha value is -1.51. The van der Waals surface area contributed by atoms with Gasteiger partial charge in [-0.2, -0.15) is 0 Å². The van der Waals surface area contributed by atoms with Crippen LogP contribution in [-0.2, 0) is 4.74 Å². The number of aromatic hydroxyl groups is 1. The smallest absolute Gasteiger partial charge is 0.341 e. The van der Waals surface area contributed by atoms with Crippen molar-refractivity contribution >= 4 is 5.97 Å². The summed E-state index contributed by atoms with van der Waals surface area (Å²) in [5.41, 5.74) is 0.252. The molecule has 3 heteroatoms. The SMILES string of the molecule is CCCCCCCCCCCCCCCCCCCCCCCCCCOC(=O)c1ccccc1O. The predicted molar refractivity (Wildman–Crippen MR) is 155 cm³/mol. The monoisotopic (exact) mass is 502 g/mol. The van der Waals surface area contributed by atoms with Crippen molar-refractivity contribution in [3.8, 4) is 5.75 Å². The average molecular weight is 503 g/mol. The third-order valence-electron chi connectivity index (χ3n) is 7.36. The maximum Gasteiger partial charge on any atom is 0.341 e. The number of hydrogen-bond donors (Lipinski definition) is 1. The van der Waals surface area contributed by atoms with Crippen LogP contribution < -0.4 is 0 Å². The number of ether oxygens (including phenoxy) is 1. The topological polar surface area (TPSA) is 46.5 Å². The van der Waals surface area contributed by atoms with E-state index in [1.165, 1.54) is 147 Å². The van der Waals surface area contributed by atoms with E-state index in [1.807, 2.05) is 0 Å². The van der Waals surface area contributed by atoms with Gasteiger partial charge >= 0.3 is 5.97 Å². The van der Waals surface area contributed by atoms with Crippen molar-refractivity contribution in [2.45, 2.75) is 161 Å². The van der Waals surface area contributed by atoms with Crippen LogP contribution in [0, 0.1) is 0 Å². The Kier molecular flexibility index (Phi) is 22.7. The number of hydrogen-bond acceptors (Lipinski definition) is 3. The summed E-state index contributed by atoms with van der Waals surface area (Å²) in [6.45, 7) is 2.73. The first-order valence-electron chi connectivity index (χ1n) is 15.7. The predicted octanol–water partition coefficient (Wildman–Crippen LogP) is 10.9. The Morgan fingerprint density at radius 2 is 0.889 bits per heavy atom. The van der Waals surface area contributed by atoms with Crippen molar-refractivity contribution in [2.24, 2.45) is 0 Å². The number of benzene rings is 1. The fourth-order valence-electron chi connectivity index (χ4n) is 4.95. The van der Waals surface area contributed by atoms with Gasteiger partial charge in [0.1, 0.15) is 11.3 Å². The number of para-hydroxylation sites is 1. The van der Waals surface area contributed by atoms with Crippen LogP contribution in [0.4, 0.5) is 0 Å². The van der Waals surface area contributed by atoms with Gasteiger partial charge in [0.05, 0.1) is 6.61 Å². The Balaban J connectivity index is 1.70. The molecular weight excluding hydrogens is 444 g/mol. The summed E-state index contributed by atoms with van der Waals surface area (Å²) < 4.78 is 5.26. The van der Waals surface area contributed by atoms with Crippen LogP contribution in [0.5, 0.6) is 5.75 Å². The Bertz CT molecular complexity index is 613. The largest absolute Gasteiger partial charge is 0.507 e. The molecule has 1 aromatic carbocycles. The molecule has 0 heterocycles. The van der Waals surface area contributed by atoms with E-state index in [0.29, 0.717) is 6.61 Å². The Labute approximate surface area is 223 Å². The summed E-state index contributed by atoms with van der Waals surface area (Å²) in [5.74, 6) is -0.440. The molecule has 0 aliphatic carbocycles. The summed E-state index contributed by atoms with van der Waals surface area (Å²) in [6.07, 6.45) is 33.1. The van der Waals surface area contributed by atoms with Crippen LogP contribution in [0.1, 0.15) is 171 Å². The second-order valence-corrected chi connectivity index (χ2v) is 10.8. The molecule has 0 unspecified atom stereocenters. The normalized spacial score (nSPS) is 11.1. The number of phenolic OH excluding ortho intramolecular Hbond substituents is 1. The highest BCUT2D eigenvalue weighted by atomic mass is 16.5. The van der Waals surface area contributed by atoms with E-state index in [-0.39, 0.29) is 11.3 Å². The molecule has 0 atom stereocenters. The zero-order chi connectivity index (χ0) is 25.9. The second kappa shape index (κ2) is 25.2. The highest BCUT2D eigenvalue weighted by Crippen LogP contribution is 2.18. The number of carbonyl (C=O) groups is 1. The first-order chi connectivity index (χ1) is 17.8. The number of unbranched alkanes of at least 4 members (excludes halogenated alkanes) is 23. The lowest BCUT2D eigenvalue weighted by molar-refractivity contribution is 0.0494. The number of esters is 1. The van der Waals surface area contributed by atoms with Crippen LogP contribution in [0.25, 0.3) is 0 Å². The van der Waals surface area contributed by atoms with E-state index in [2.05, 4.69) is 6.92 Å². The molecule has 0 bridgehead atoms. The van der Waals surface area contributed by atoms with Crippen molar-refractivity contribution in [1.82, 2.24) is 0 Å². The fraction of sp³-hybridized carbons (Fsp3) is 0.788. The van der Waals surface area contributed by atoms with Crippen molar-refractivity contribution in [3.63, 3.8) is 0 Å². The lowest BCUT2D eigenvalue weighted by Gasteiger charge is -2.06. The van der Waals surface area contributed by atoms with Gasteiger partial charge < -0.3 is 9.84 Å². The molecule has 0 radical (unpaired) electrons. The third-order valence-corrected chi connectivity index (χ3v) is 7.36. The molecule has 0 saturated heterocycles. The van der Waals surface area contributed by atoms with Gasteiger partial charge in [0.15, 0.2) is 0 Å². The van der Waals surface area contributed by atoms with E-state index >= 15 is 0 Å². The minimum absolute atomic E-state index is 0.0120. The molecule has 0 spiro atoms. The molecule has 0 aromatic heterocycles. The van der Waals surface area contributed by atoms with Gasteiger partial charge in [-0.1, -0.05) is 167 Å². The molecule has 1 aromatic rings. The van der Waals surface area contributed by atoms with Crippen LogP contribution in [0.2, 0.25) is 0 Å². The molecule has 36 heavy (non-hydrogen) atoms. The van der Waals surface area contributed by atoms with Gasteiger partial charge in [-0.25, -0.2) is 4.79 Å². The first-order valence-corrected chi connectivity index (χ1v) is 15.7. The third kappa shape index (κ3) is 19.7. The average Bonchev–Trinajstić information content (AvgIpc) is 2.88. The van der Waals surface area contributed by atoms with E-state index in [1.54, 1.807) is 18.2 Å². The van der Waals surface area contributed by atoms with Gasteiger partial charge in [0, 0.05) is 0 Å². The second-order valence-electron chi connectivity index (χ2n) is 10.8. The molecule has 208 valence electrons. The molecule has 3 nitrogen and oxygen atoms in total. The number of phenols is 1. The molecule has 0 amide bonds. The number of rotatable bonds is 26. The molecule has 0 aliphatic rings. The van der Waals surface area contributed by atoms with Crippen LogP contribution in [0.3, 0.4) is 0 Å². The quantitative estimate of drug-likeness (QED) is 0.101. The summed E-state index contributed by atoms with van der Waals surface area (Å²) in [7, 11) is 0. The van der Waals surface area contributed by atoms with Crippen molar-refractivity contribution < 1.29 is 14.6 Å². The summed E-state index contributed by atoms with van der Waals surface area (Å²) >= 11 is 0. The molecular formula is C33H58O3. The van der Waals surface area contributed by atoms with E-state index in [9.17, 15) is 9.90 Å². The van der Waals surface area contributed by atoms with Crippen LogP contribution >= 0.6 is 0 Å². The highest BCUT2D eigenvalue weighted by molar-refractivity contribution is 5.92. The van der Waals surface area contributed by atoms with Crippen molar-refractivity contribution in [2.75, 3.05) is 6.61 Å².